The third kappa shape index (κ3) is 1.72. The second-order valence-electron chi connectivity index (χ2n) is 2.73. The van der Waals surface area contributed by atoms with Gasteiger partial charge in [0.1, 0.15) is 11.6 Å². The fraction of sp³-hybridized carbons (Fsp3) is 0. The third-order valence-electron chi connectivity index (χ3n) is 1.78. The molecule has 0 saturated carbocycles. The van der Waals surface area contributed by atoms with Gasteiger partial charge in [-0.1, -0.05) is 6.07 Å². The van der Waals surface area contributed by atoms with Gasteiger partial charge in [-0.3, -0.25) is 0 Å². The predicted molar refractivity (Wildman–Crippen MR) is 57.4 cm³/mol. The lowest BCUT2D eigenvalue weighted by molar-refractivity contribution is 0.590. The Morgan fingerprint density at radius 3 is 2.29 bits per heavy atom. The molecule has 0 aliphatic heterocycles. The summed E-state index contributed by atoms with van der Waals surface area (Å²) in [7, 11) is 0. The summed E-state index contributed by atoms with van der Waals surface area (Å²) < 4.78 is 27.4. The van der Waals surface area contributed by atoms with Crippen LogP contribution in [0, 0.1) is 11.6 Å². The van der Waals surface area contributed by atoms with Crippen molar-refractivity contribution < 1.29 is 8.78 Å². The summed E-state index contributed by atoms with van der Waals surface area (Å²) in [5, 5.41) is 1.79. The first kappa shape index (κ1) is 9.80. The van der Waals surface area contributed by atoms with Gasteiger partial charge in [-0.15, -0.1) is 11.3 Å². The molecule has 0 saturated heterocycles. The highest BCUT2D eigenvalue weighted by Gasteiger charge is 2.12. The first-order valence-electron chi connectivity index (χ1n) is 3.87. The van der Waals surface area contributed by atoms with Crippen molar-refractivity contribution >= 4 is 27.3 Å². The van der Waals surface area contributed by atoms with Gasteiger partial charge < -0.3 is 0 Å². The molecule has 14 heavy (non-hydrogen) atoms. The van der Waals surface area contributed by atoms with Crippen LogP contribution in [0.15, 0.2) is 34.1 Å². The molecule has 4 heteroatoms. The normalized spacial score (nSPS) is 10.5. The van der Waals surface area contributed by atoms with E-state index >= 15 is 0 Å². The SMILES string of the molecule is Fc1cccc(F)c1-c1cc(Br)cs1. The molecule has 0 radical (unpaired) electrons. The summed E-state index contributed by atoms with van der Waals surface area (Å²) in [4.78, 5) is 0.590. The molecule has 0 atom stereocenters. The molecule has 2 aromatic rings. The Morgan fingerprint density at radius 2 is 1.79 bits per heavy atom. The molecular formula is C10H5BrF2S. The standard InChI is InChI=1S/C10H5BrF2S/c11-6-4-9(14-5-6)10-7(12)2-1-3-8(10)13/h1-5H. The van der Waals surface area contributed by atoms with E-state index in [-0.39, 0.29) is 5.56 Å². The van der Waals surface area contributed by atoms with E-state index in [1.54, 1.807) is 11.4 Å². The van der Waals surface area contributed by atoms with Crippen LogP contribution < -0.4 is 0 Å². The van der Waals surface area contributed by atoms with E-state index < -0.39 is 11.6 Å². The summed E-state index contributed by atoms with van der Waals surface area (Å²) in [5.41, 5.74) is 0.0446. The average Bonchev–Trinajstić information content (AvgIpc) is 2.51. The van der Waals surface area contributed by atoms with Crippen molar-refractivity contribution in [3.05, 3.63) is 45.8 Å². The minimum atomic E-state index is -0.528. The van der Waals surface area contributed by atoms with E-state index in [4.69, 9.17) is 0 Å². The quantitative estimate of drug-likeness (QED) is 0.721. The van der Waals surface area contributed by atoms with Crippen LogP contribution in [0.5, 0.6) is 0 Å². The maximum Gasteiger partial charge on any atom is 0.134 e. The van der Waals surface area contributed by atoms with Gasteiger partial charge >= 0.3 is 0 Å². The number of rotatable bonds is 1. The lowest BCUT2D eigenvalue weighted by Gasteiger charge is -2.00. The second kappa shape index (κ2) is 3.79. The molecule has 72 valence electrons. The molecule has 0 fully saturated rings. The van der Waals surface area contributed by atoms with Gasteiger partial charge in [0.2, 0.25) is 0 Å². The molecule has 0 aliphatic carbocycles. The summed E-state index contributed by atoms with van der Waals surface area (Å²) >= 11 is 4.55. The fourth-order valence-corrected chi connectivity index (χ4v) is 2.65. The summed E-state index contributed by atoms with van der Waals surface area (Å²) in [5.74, 6) is -1.06. The van der Waals surface area contributed by atoms with Crippen LogP contribution in [0.4, 0.5) is 8.78 Å². The minimum Gasteiger partial charge on any atom is -0.206 e. The number of hydrogen-bond acceptors (Lipinski definition) is 1. The molecule has 0 bridgehead atoms. The van der Waals surface area contributed by atoms with Crippen molar-refractivity contribution in [2.45, 2.75) is 0 Å². The molecule has 0 spiro atoms. The molecule has 1 aromatic heterocycles. The Bertz CT molecular complexity index is 445. The minimum absolute atomic E-state index is 0.0446. The highest BCUT2D eigenvalue weighted by molar-refractivity contribution is 9.10. The molecule has 0 unspecified atom stereocenters. The lowest BCUT2D eigenvalue weighted by atomic mass is 10.1. The largest absolute Gasteiger partial charge is 0.206 e. The Labute approximate surface area is 92.3 Å². The smallest absolute Gasteiger partial charge is 0.134 e. The summed E-state index contributed by atoms with van der Waals surface area (Å²) in [6.45, 7) is 0. The zero-order chi connectivity index (χ0) is 10.1. The van der Waals surface area contributed by atoms with Gasteiger partial charge in [0.25, 0.3) is 0 Å². The van der Waals surface area contributed by atoms with Gasteiger partial charge in [0, 0.05) is 14.7 Å². The maximum absolute atomic E-state index is 13.3. The Morgan fingerprint density at radius 1 is 1.14 bits per heavy atom. The molecular weight excluding hydrogens is 270 g/mol. The van der Waals surface area contributed by atoms with Crippen molar-refractivity contribution in [1.82, 2.24) is 0 Å². The fourth-order valence-electron chi connectivity index (χ4n) is 1.18. The van der Waals surface area contributed by atoms with Crippen LogP contribution in [0.3, 0.4) is 0 Å². The van der Waals surface area contributed by atoms with Crippen molar-refractivity contribution in [2.24, 2.45) is 0 Å². The zero-order valence-corrected chi connectivity index (χ0v) is 9.33. The monoisotopic (exact) mass is 274 g/mol. The molecule has 2 rings (SSSR count). The molecule has 0 nitrogen and oxygen atoms in total. The zero-order valence-electron chi connectivity index (χ0n) is 6.93. The van der Waals surface area contributed by atoms with Crippen LogP contribution in [0.2, 0.25) is 0 Å². The Balaban J connectivity index is 2.61. The van der Waals surface area contributed by atoms with E-state index in [0.717, 1.165) is 4.47 Å². The number of benzene rings is 1. The number of halogens is 3. The van der Waals surface area contributed by atoms with Crippen LogP contribution in [-0.4, -0.2) is 0 Å². The van der Waals surface area contributed by atoms with Crippen LogP contribution in [0.25, 0.3) is 10.4 Å². The maximum atomic E-state index is 13.3. The van der Waals surface area contributed by atoms with E-state index in [2.05, 4.69) is 15.9 Å². The average molecular weight is 275 g/mol. The lowest BCUT2D eigenvalue weighted by Crippen LogP contribution is -1.86. The molecule has 1 aromatic carbocycles. The van der Waals surface area contributed by atoms with Crippen molar-refractivity contribution in [3.8, 4) is 10.4 Å². The van der Waals surface area contributed by atoms with Gasteiger partial charge in [0.05, 0.1) is 5.56 Å². The van der Waals surface area contributed by atoms with Crippen molar-refractivity contribution in [3.63, 3.8) is 0 Å². The molecule has 0 aliphatic rings. The number of hydrogen-bond donors (Lipinski definition) is 0. The van der Waals surface area contributed by atoms with Gasteiger partial charge in [-0.2, -0.15) is 0 Å². The van der Waals surface area contributed by atoms with Crippen LogP contribution in [0.1, 0.15) is 0 Å². The first-order valence-corrected chi connectivity index (χ1v) is 5.54. The first-order chi connectivity index (χ1) is 6.68. The van der Waals surface area contributed by atoms with Crippen molar-refractivity contribution in [1.29, 1.82) is 0 Å². The molecule has 0 N–H and O–H groups in total. The molecule has 0 amide bonds. The topological polar surface area (TPSA) is 0 Å². The predicted octanol–water partition coefficient (Wildman–Crippen LogP) is 4.46. The van der Waals surface area contributed by atoms with Crippen LogP contribution in [-0.2, 0) is 0 Å². The van der Waals surface area contributed by atoms with Crippen molar-refractivity contribution in [2.75, 3.05) is 0 Å². The van der Waals surface area contributed by atoms with E-state index in [1.165, 1.54) is 29.5 Å². The van der Waals surface area contributed by atoms with E-state index in [0.29, 0.717) is 4.88 Å². The Hall–Kier alpha value is -0.740. The highest BCUT2D eigenvalue weighted by Crippen LogP contribution is 2.33. The second-order valence-corrected chi connectivity index (χ2v) is 4.55. The van der Waals surface area contributed by atoms with E-state index in [9.17, 15) is 8.78 Å². The Kier molecular flexibility index (Phi) is 2.65. The summed E-state index contributed by atoms with van der Waals surface area (Å²) in [6, 6.07) is 5.57. The van der Waals surface area contributed by atoms with Crippen LogP contribution >= 0.6 is 27.3 Å². The third-order valence-corrected chi connectivity index (χ3v) is 3.49. The van der Waals surface area contributed by atoms with E-state index in [1.807, 2.05) is 0 Å². The molecule has 1 heterocycles. The summed E-state index contributed by atoms with van der Waals surface area (Å²) in [6.07, 6.45) is 0. The van der Waals surface area contributed by atoms with Gasteiger partial charge in [-0.25, -0.2) is 8.78 Å². The van der Waals surface area contributed by atoms with Gasteiger partial charge in [0.15, 0.2) is 0 Å². The number of thiophene rings is 1. The highest BCUT2D eigenvalue weighted by atomic mass is 79.9. The van der Waals surface area contributed by atoms with Gasteiger partial charge in [-0.05, 0) is 34.1 Å².